The molecule has 8 heteroatoms. The Morgan fingerprint density at radius 1 is 1.47 bits per heavy atom. The topological polar surface area (TPSA) is 55.5 Å². The minimum absolute atomic E-state index is 0.276. The molecule has 17 heavy (non-hydrogen) atoms. The molecule has 1 rings (SSSR count). The largest absolute Gasteiger partial charge is 0.504 e. The van der Waals surface area contributed by atoms with Crippen LogP contribution >= 0.6 is 15.9 Å². The zero-order chi connectivity index (χ0) is 13.4. The summed E-state index contributed by atoms with van der Waals surface area (Å²) < 4.78 is 55.1. The number of nitrogens with two attached hydrogens (primary N) is 1. The Kier molecular flexibility index (Phi) is 3.88. The van der Waals surface area contributed by atoms with Crippen LogP contribution in [0.4, 0.5) is 17.6 Å². The summed E-state index contributed by atoms with van der Waals surface area (Å²) >= 11 is 2.72. The van der Waals surface area contributed by atoms with E-state index in [-0.39, 0.29) is 10.2 Å². The molecule has 96 valence electrons. The SMILES string of the molecule is COc1cc(Br)c(F)c([C@@H](N)C(F)(F)F)c1O. The number of phenols is 1. The third kappa shape index (κ3) is 2.63. The van der Waals surface area contributed by atoms with Gasteiger partial charge in [0.25, 0.3) is 0 Å². The lowest BCUT2D eigenvalue weighted by Crippen LogP contribution is -2.29. The Balaban J connectivity index is 3.46. The van der Waals surface area contributed by atoms with Gasteiger partial charge in [0.05, 0.1) is 17.1 Å². The van der Waals surface area contributed by atoms with Crippen LogP contribution in [0.25, 0.3) is 0 Å². The summed E-state index contributed by atoms with van der Waals surface area (Å²) in [7, 11) is 1.13. The maximum atomic E-state index is 13.5. The number of rotatable bonds is 2. The number of halogens is 5. The van der Waals surface area contributed by atoms with Crippen LogP contribution in [-0.4, -0.2) is 18.4 Å². The Morgan fingerprint density at radius 2 is 2.00 bits per heavy atom. The first-order valence-electron chi connectivity index (χ1n) is 4.27. The van der Waals surface area contributed by atoms with Gasteiger partial charge in [0.1, 0.15) is 11.9 Å². The second kappa shape index (κ2) is 4.69. The van der Waals surface area contributed by atoms with Crippen molar-refractivity contribution in [2.24, 2.45) is 5.73 Å². The highest BCUT2D eigenvalue weighted by Crippen LogP contribution is 2.43. The Hall–Kier alpha value is -1.02. The van der Waals surface area contributed by atoms with E-state index in [0.717, 1.165) is 13.2 Å². The highest BCUT2D eigenvalue weighted by atomic mass is 79.9. The standard InChI is InChI=1S/C9H8BrF4NO2/c1-17-4-2-3(10)6(11)5(7(4)16)8(15)9(12,13)14/h2,8,16H,15H2,1H3/t8-/m1/s1. The minimum Gasteiger partial charge on any atom is -0.504 e. The zero-order valence-electron chi connectivity index (χ0n) is 8.48. The molecule has 1 aromatic carbocycles. The highest BCUT2D eigenvalue weighted by Gasteiger charge is 2.42. The molecule has 0 heterocycles. The molecule has 0 bridgehead atoms. The van der Waals surface area contributed by atoms with E-state index in [2.05, 4.69) is 20.7 Å². The fourth-order valence-corrected chi connectivity index (χ4v) is 1.64. The molecule has 0 saturated heterocycles. The molecule has 0 unspecified atom stereocenters. The molecule has 1 aromatic rings. The summed E-state index contributed by atoms with van der Waals surface area (Å²) in [5, 5.41) is 9.46. The molecule has 3 N–H and O–H groups in total. The lowest BCUT2D eigenvalue weighted by Gasteiger charge is -2.19. The first kappa shape index (κ1) is 14.0. The Bertz CT molecular complexity index is 436. The van der Waals surface area contributed by atoms with Gasteiger partial charge in [-0.15, -0.1) is 0 Å². The molecule has 1 atom stereocenters. The number of phenolic OH excluding ortho intramolecular Hbond substituents is 1. The predicted octanol–water partition coefficient (Wildman–Crippen LogP) is 2.86. The van der Waals surface area contributed by atoms with Gasteiger partial charge >= 0.3 is 6.18 Å². The number of methoxy groups -OCH3 is 1. The van der Waals surface area contributed by atoms with Crippen LogP contribution in [0.3, 0.4) is 0 Å². The van der Waals surface area contributed by atoms with E-state index in [1.807, 2.05) is 0 Å². The highest BCUT2D eigenvalue weighted by molar-refractivity contribution is 9.10. The molecular formula is C9H8BrF4NO2. The molecule has 0 aliphatic carbocycles. The first-order chi connectivity index (χ1) is 7.70. The molecule has 3 nitrogen and oxygen atoms in total. The second-order valence-electron chi connectivity index (χ2n) is 3.16. The zero-order valence-corrected chi connectivity index (χ0v) is 10.1. The van der Waals surface area contributed by atoms with E-state index in [9.17, 15) is 22.7 Å². The molecular weight excluding hydrogens is 310 g/mol. The van der Waals surface area contributed by atoms with Crippen molar-refractivity contribution in [3.05, 3.63) is 21.9 Å². The third-order valence-electron chi connectivity index (χ3n) is 2.08. The smallest absolute Gasteiger partial charge is 0.407 e. The number of aromatic hydroxyl groups is 1. The maximum Gasteiger partial charge on any atom is 0.407 e. The fraction of sp³-hybridized carbons (Fsp3) is 0.333. The van der Waals surface area contributed by atoms with Crippen LogP contribution in [-0.2, 0) is 0 Å². The van der Waals surface area contributed by atoms with Gasteiger partial charge < -0.3 is 15.6 Å². The second-order valence-corrected chi connectivity index (χ2v) is 4.01. The van der Waals surface area contributed by atoms with Gasteiger partial charge in [-0.05, 0) is 15.9 Å². The summed E-state index contributed by atoms with van der Waals surface area (Å²) in [5.74, 6) is -2.53. The molecule has 0 aliphatic rings. The van der Waals surface area contributed by atoms with E-state index in [0.29, 0.717) is 0 Å². The summed E-state index contributed by atoms with van der Waals surface area (Å²) in [6.07, 6.45) is -4.87. The van der Waals surface area contributed by atoms with Gasteiger partial charge in [-0.25, -0.2) is 4.39 Å². The van der Waals surface area contributed by atoms with Gasteiger partial charge in [-0.3, -0.25) is 0 Å². The summed E-state index contributed by atoms with van der Waals surface area (Å²) in [6, 6.07) is -1.62. The van der Waals surface area contributed by atoms with Crippen molar-refractivity contribution in [1.29, 1.82) is 0 Å². The lowest BCUT2D eigenvalue weighted by atomic mass is 10.0. The third-order valence-corrected chi connectivity index (χ3v) is 2.65. The van der Waals surface area contributed by atoms with Gasteiger partial charge in [-0.2, -0.15) is 13.2 Å². The van der Waals surface area contributed by atoms with Crippen molar-refractivity contribution in [2.75, 3.05) is 7.11 Å². The van der Waals surface area contributed by atoms with Crippen molar-refractivity contribution in [1.82, 2.24) is 0 Å². The van der Waals surface area contributed by atoms with Crippen molar-refractivity contribution in [3.8, 4) is 11.5 Å². The molecule has 0 radical (unpaired) electrons. The van der Waals surface area contributed by atoms with Crippen LogP contribution in [0.2, 0.25) is 0 Å². The van der Waals surface area contributed by atoms with Crippen molar-refractivity contribution in [2.45, 2.75) is 12.2 Å². The van der Waals surface area contributed by atoms with Gasteiger partial charge in [-0.1, -0.05) is 0 Å². The number of ether oxygens (including phenoxy) is 1. The van der Waals surface area contributed by atoms with Gasteiger partial charge in [0, 0.05) is 6.07 Å². The molecule has 0 saturated carbocycles. The van der Waals surface area contributed by atoms with Crippen LogP contribution in [0, 0.1) is 5.82 Å². The van der Waals surface area contributed by atoms with Crippen LogP contribution in [0.1, 0.15) is 11.6 Å². The Morgan fingerprint density at radius 3 is 2.41 bits per heavy atom. The summed E-state index contributed by atoms with van der Waals surface area (Å²) in [4.78, 5) is 0. The molecule has 0 aromatic heterocycles. The van der Waals surface area contributed by atoms with E-state index < -0.39 is 29.3 Å². The minimum atomic E-state index is -4.87. The monoisotopic (exact) mass is 317 g/mol. The van der Waals surface area contributed by atoms with Crippen LogP contribution in [0.5, 0.6) is 11.5 Å². The summed E-state index contributed by atoms with van der Waals surface area (Å²) in [6.45, 7) is 0. The number of hydrogen-bond donors (Lipinski definition) is 2. The van der Waals surface area contributed by atoms with E-state index in [1.165, 1.54) is 0 Å². The van der Waals surface area contributed by atoms with E-state index >= 15 is 0 Å². The van der Waals surface area contributed by atoms with E-state index in [4.69, 9.17) is 5.73 Å². The number of alkyl halides is 3. The quantitative estimate of drug-likeness (QED) is 0.825. The average molecular weight is 318 g/mol. The number of hydrogen-bond acceptors (Lipinski definition) is 3. The van der Waals surface area contributed by atoms with Gasteiger partial charge in [0.2, 0.25) is 0 Å². The first-order valence-corrected chi connectivity index (χ1v) is 5.06. The lowest BCUT2D eigenvalue weighted by molar-refractivity contribution is -0.150. The maximum absolute atomic E-state index is 13.5. The van der Waals surface area contributed by atoms with Crippen molar-refractivity contribution in [3.63, 3.8) is 0 Å². The molecule has 0 amide bonds. The Labute approximate surface area is 102 Å². The fourth-order valence-electron chi connectivity index (χ4n) is 1.22. The average Bonchev–Trinajstić information content (AvgIpc) is 2.22. The van der Waals surface area contributed by atoms with E-state index in [1.54, 1.807) is 0 Å². The normalized spacial score (nSPS) is 13.6. The number of benzene rings is 1. The van der Waals surface area contributed by atoms with Crippen molar-refractivity contribution >= 4 is 15.9 Å². The molecule has 0 fully saturated rings. The molecule has 0 spiro atoms. The molecule has 0 aliphatic heterocycles. The summed E-state index contributed by atoms with van der Waals surface area (Å²) in [5.41, 5.74) is 3.81. The van der Waals surface area contributed by atoms with Crippen LogP contribution < -0.4 is 10.5 Å². The van der Waals surface area contributed by atoms with Crippen molar-refractivity contribution < 1.29 is 27.4 Å². The van der Waals surface area contributed by atoms with Gasteiger partial charge in [0.15, 0.2) is 11.5 Å². The predicted molar refractivity (Wildman–Crippen MR) is 55.3 cm³/mol. The van der Waals surface area contributed by atoms with Crippen LogP contribution in [0.15, 0.2) is 10.5 Å².